The topological polar surface area (TPSA) is 114 Å². The second kappa shape index (κ2) is 8.84. The zero-order valence-electron chi connectivity index (χ0n) is 18.4. The number of nitrogens with zero attached hydrogens (tertiary/aromatic N) is 5. The number of fused-ring (bicyclic) bond motifs is 3. The molecule has 0 aliphatic carbocycles. The SMILES string of the molecule is CCCCNc1nc(N)nc2cnn(Cc3ccc(CN4CC5CC(C4)N5)cc3)c(=O)c12. The van der Waals surface area contributed by atoms with Crippen LogP contribution in [-0.4, -0.2) is 56.4 Å². The van der Waals surface area contributed by atoms with Crippen molar-refractivity contribution in [3.05, 3.63) is 51.9 Å². The lowest BCUT2D eigenvalue weighted by Crippen LogP contribution is -2.66. The summed E-state index contributed by atoms with van der Waals surface area (Å²) in [6.45, 7) is 6.44. The summed E-state index contributed by atoms with van der Waals surface area (Å²) in [5.74, 6) is 0.611. The van der Waals surface area contributed by atoms with Crippen LogP contribution in [0.1, 0.15) is 37.3 Å². The highest BCUT2D eigenvalue weighted by molar-refractivity contribution is 5.88. The monoisotopic (exact) mass is 434 g/mol. The largest absolute Gasteiger partial charge is 0.369 e. The zero-order valence-corrected chi connectivity index (χ0v) is 18.4. The van der Waals surface area contributed by atoms with E-state index >= 15 is 0 Å². The molecule has 0 spiro atoms. The maximum Gasteiger partial charge on any atom is 0.280 e. The Labute approximate surface area is 187 Å². The molecule has 6 rings (SSSR count). The Bertz CT molecular complexity index is 1140. The molecule has 0 amide bonds. The maximum atomic E-state index is 13.2. The summed E-state index contributed by atoms with van der Waals surface area (Å²) in [5.41, 5.74) is 8.39. The highest BCUT2D eigenvalue weighted by atomic mass is 16.1. The predicted octanol–water partition coefficient (Wildman–Crippen LogP) is 1.58. The minimum atomic E-state index is -0.217. The van der Waals surface area contributed by atoms with Crippen LogP contribution in [0.25, 0.3) is 10.9 Å². The van der Waals surface area contributed by atoms with Crippen LogP contribution < -0.4 is 21.9 Å². The number of rotatable bonds is 8. The van der Waals surface area contributed by atoms with Gasteiger partial charge in [0, 0.05) is 38.3 Å². The van der Waals surface area contributed by atoms with Crippen LogP contribution >= 0.6 is 0 Å². The zero-order chi connectivity index (χ0) is 22.1. The fourth-order valence-electron chi connectivity index (χ4n) is 4.65. The molecule has 3 saturated heterocycles. The lowest BCUT2D eigenvalue weighted by Gasteiger charge is -2.48. The van der Waals surface area contributed by atoms with E-state index in [0.717, 1.165) is 44.6 Å². The van der Waals surface area contributed by atoms with Gasteiger partial charge in [-0.05, 0) is 24.0 Å². The van der Waals surface area contributed by atoms with Crippen LogP contribution in [0.2, 0.25) is 0 Å². The summed E-state index contributed by atoms with van der Waals surface area (Å²) in [6.07, 6.45) is 4.93. The molecule has 9 heteroatoms. The molecule has 0 saturated carbocycles. The second-order valence-corrected chi connectivity index (χ2v) is 8.89. The molecule has 2 atom stereocenters. The Balaban J connectivity index is 1.33. The molecule has 168 valence electrons. The van der Waals surface area contributed by atoms with Crippen molar-refractivity contribution >= 4 is 22.7 Å². The van der Waals surface area contributed by atoms with E-state index < -0.39 is 0 Å². The number of aromatic nitrogens is 4. The van der Waals surface area contributed by atoms with Gasteiger partial charge < -0.3 is 16.4 Å². The average Bonchev–Trinajstić information content (AvgIpc) is 2.76. The normalized spacial score (nSPS) is 20.3. The molecule has 32 heavy (non-hydrogen) atoms. The van der Waals surface area contributed by atoms with Gasteiger partial charge in [-0.1, -0.05) is 37.6 Å². The quantitative estimate of drug-likeness (QED) is 0.458. The fourth-order valence-corrected chi connectivity index (χ4v) is 4.65. The fraction of sp³-hybridized carbons (Fsp3) is 0.478. The molecule has 5 heterocycles. The Morgan fingerprint density at radius 1 is 1.12 bits per heavy atom. The average molecular weight is 435 g/mol. The van der Waals surface area contributed by atoms with Crippen LogP contribution in [0.5, 0.6) is 0 Å². The van der Waals surface area contributed by atoms with Gasteiger partial charge in [-0.3, -0.25) is 9.69 Å². The first-order chi connectivity index (χ1) is 15.6. The van der Waals surface area contributed by atoms with Gasteiger partial charge in [-0.2, -0.15) is 10.1 Å². The van der Waals surface area contributed by atoms with Crippen molar-refractivity contribution in [3.63, 3.8) is 0 Å². The van der Waals surface area contributed by atoms with E-state index in [1.165, 1.54) is 16.7 Å². The third-order valence-electron chi connectivity index (χ3n) is 6.30. The van der Waals surface area contributed by atoms with Crippen molar-refractivity contribution in [1.29, 1.82) is 0 Å². The first-order valence-electron chi connectivity index (χ1n) is 11.4. The van der Waals surface area contributed by atoms with E-state index in [2.05, 4.69) is 61.8 Å². The van der Waals surface area contributed by atoms with Crippen molar-refractivity contribution in [2.24, 2.45) is 0 Å². The van der Waals surface area contributed by atoms with Crippen LogP contribution in [0.4, 0.5) is 11.8 Å². The number of hydrogen-bond donors (Lipinski definition) is 3. The van der Waals surface area contributed by atoms with Gasteiger partial charge in [0.05, 0.1) is 12.7 Å². The minimum Gasteiger partial charge on any atom is -0.369 e. The number of piperazine rings is 1. The third-order valence-corrected chi connectivity index (χ3v) is 6.30. The number of anilines is 2. The van der Waals surface area contributed by atoms with Crippen LogP contribution in [0.15, 0.2) is 35.3 Å². The van der Waals surface area contributed by atoms with Crippen molar-refractivity contribution in [3.8, 4) is 0 Å². The number of nitrogens with one attached hydrogen (secondary N) is 2. The van der Waals surface area contributed by atoms with E-state index in [9.17, 15) is 4.79 Å². The summed E-state index contributed by atoms with van der Waals surface area (Å²) < 4.78 is 1.46. The van der Waals surface area contributed by atoms with Gasteiger partial charge >= 0.3 is 0 Å². The summed E-state index contributed by atoms with van der Waals surface area (Å²) >= 11 is 0. The first kappa shape index (κ1) is 20.8. The molecular weight excluding hydrogens is 404 g/mol. The van der Waals surface area contributed by atoms with Gasteiger partial charge in [0.1, 0.15) is 16.7 Å². The summed E-state index contributed by atoms with van der Waals surface area (Å²) in [7, 11) is 0. The number of hydrogen-bond acceptors (Lipinski definition) is 8. The molecule has 3 aliphatic rings. The van der Waals surface area contributed by atoms with Crippen molar-refractivity contribution in [2.75, 3.05) is 30.7 Å². The Kier molecular flexibility index (Phi) is 5.75. The maximum absolute atomic E-state index is 13.2. The standard InChI is InChI=1S/C23H30N8O/c1-2-3-8-25-21-20-19(28-23(24)29-21)10-26-31(22(20)32)12-16-6-4-15(5-7-16)11-30-13-17-9-18(14-30)27-17/h4-7,10,17-18,27H,2-3,8-9,11-14H2,1H3,(H3,24,25,28,29). The smallest absolute Gasteiger partial charge is 0.280 e. The van der Waals surface area contributed by atoms with Gasteiger partial charge in [0.25, 0.3) is 5.56 Å². The number of piperidine rings is 1. The Hall–Kier alpha value is -3.04. The third kappa shape index (κ3) is 4.31. The molecule has 9 nitrogen and oxygen atoms in total. The van der Waals surface area contributed by atoms with E-state index in [1.807, 2.05) is 0 Å². The summed E-state index contributed by atoms with van der Waals surface area (Å²) in [6, 6.07) is 9.79. The summed E-state index contributed by atoms with van der Waals surface area (Å²) in [5, 5.41) is 11.6. The first-order valence-corrected chi connectivity index (χ1v) is 11.4. The van der Waals surface area contributed by atoms with Gasteiger partial charge in [0.2, 0.25) is 5.95 Å². The molecule has 0 radical (unpaired) electrons. The second-order valence-electron chi connectivity index (χ2n) is 8.89. The lowest BCUT2D eigenvalue weighted by atomic mass is 9.91. The van der Waals surface area contributed by atoms with Crippen molar-refractivity contribution in [1.82, 2.24) is 30.0 Å². The molecule has 3 fully saturated rings. The molecule has 2 aromatic heterocycles. The highest BCUT2D eigenvalue weighted by Gasteiger charge is 2.36. The molecule has 2 bridgehead atoms. The van der Waals surface area contributed by atoms with Gasteiger partial charge in [-0.25, -0.2) is 9.67 Å². The van der Waals surface area contributed by atoms with Gasteiger partial charge in [0.15, 0.2) is 0 Å². The van der Waals surface area contributed by atoms with Crippen molar-refractivity contribution in [2.45, 2.75) is 51.4 Å². The molecule has 1 aromatic carbocycles. The van der Waals surface area contributed by atoms with E-state index in [4.69, 9.17) is 5.73 Å². The molecular formula is C23H30N8O. The Morgan fingerprint density at radius 3 is 2.50 bits per heavy atom. The van der Waals surface area contributed by atoms with E-state index in [1.54, 1.807) is 6.20 Å². The van der Waals surface area contributed by atoms with Crippen molar-refractivity contribution < 1.29 is 0 Å². The number of benzene rings is 1. The molecule has 3 aromatic rings. The number of unbranched alkanes of at least 4 members (excludes halogenated alkanes) is 1. The van der Waals surface area contributed by atoms with E-state index in [-0.39, 0.29) is 11.5 Å². The highest BCUT2D eigenvalue weighted by Crippen LogP contribution is 2.22. The predicted molar refractivity (Wildman–Crippen MR) is 126 cm³/mol. The number of nitrogen functional groups attached to an aromatic ring is 1. The van der Waals surface area contributed by atoms with Crippen LogP contribution in [0, 0.1) is 0 Å². The van der Waals surface area contributed by atoms with Crippen LogP contribution in [0.3, 0.4) is 0 Å². The molecule has 2 unspecified atom stereocenters. The Morgan fingerprint density at radius 2 is 1.81 bits per heavy atom. The minimum absolute atomic E-state index is 0.132. The van der Waals surface area contributed by atoms with Gasteiger partial charge in [-0.15, -0.1) is 0 Å². The molecule has 3 aliphatic heterocycles. The number of nitrogens with two attached hydrogens (primary N) is 1. The lowest BCUT2D eigenvalue weighted by molar-refractivity contribution is 0.0726. The van der Waals surface area contributed by atoms with E-state index in [0.29, 0.717) is 35.3 Å². The molecule has 4 N–H and O–H groups in total. The van der Waals surface area contributed by atoms with Crippen LogP contribution in [-0.2, 0) is 13.1 Å². The summed E-state index contributed by atoms with van der Waals surface area (Å²) in [4.78, 5) is 24.2.